The zero-order valence-corrected chi connectivity index (χ0v) is 15.4. The number of hydrogen-bond acceptors (Lipinski definition) is 4. The van der Waals surface area contributed by atoms with E-state index >= 15 is 0 Å². The summed E-state index contributed by atoms with van der Waals surface area (Å²) in [5.74, 6) is 0.702. The van der Waals surface area contributed by atoms with Crippen LogP contribution in [0.3, 0.4) is 0 Å². The van der Waals surface area contributed by atoms with E-state index in [4.69, 9.17) is 4.74 Å². The zero-order chi connectivity index (χ0) is 19.2. The fraction of sp³-hybridized carbons (Fsp3) is 0.875. The maximum absolute atomic E-state index is 12.3. The van der Waals surface area contributed by atoms with Gasteiger partial charge in [0.1, 0.15) is 6.10 Å². The highest BCUT2D eigenvalue weighted by Crippen LogP contribution is 2.16. The monoisotopic (exact) mass is 379 g/mol. The van der Waals surface area contributed by atoms with Crippen molar-refractivity contribution in [3.05, 3.63) is 0 Å². The van der Waals surface area contributed by atoms with Gasteiger partial charge in [-0.25, -0.2) is 0 Å². The molecule has 2 heterocycles. The van der Waals surface area contributed by atoms with Gasteiger partial charge in [-0.3, -0.25) is 14.7 Å². The van der Waals surface area contributed by atoms with Gasteiger partial charge in [0.15, 0.2) is 5.96 Å². The van der Waals surface area contributed by atoms with E-state index in [-0.39, 0.29) is 18.6 Å². The highest BCUT2D eigenvalue weighted by atomic mass is 19.4. The van der Waals surface area contributed by atoms with Crippen LogP contribution >= 0.6 is 0 Å². The predicted molar refractivity (Wildman–Crippen MR) is 92.0 cm³/mol. The summed E-state index contributed by atoms with van der Waals surface area (Å²) in [6, 6.07) is 0. The van der Waals surface area contributed by atoms with Crippen LogP contribution < -0.4 is 5.32 Å². The quantitative estimate of drug-likeness (QED) is 0.553. The summed E-state index contributed by atoms with van der Waals surface area (Å²) in [4.78, 5) is 21.6. The minimum Gasteiger partial charge on any atom is -0.368 e. The Balaban J connectivity index is 1.71. The molecule has 1 unspecified atom stereocenters. The number of rotatable bonds is 5. The van der Waals surface area contributed by atoms with Gasteiger partial charge < -0.3 is 19.9 Å². The molecule has 7 nitrogen and oxygen atoms in total. The molecule has 2 aliphatic heterocycles. The topological polar surface area (TPSA) is 60.4 Å². The molecule has 0 aromatic carbocycles. The molecule has 2 rings (SSSR count). The maximum atomic E-state index is 12.3. The minimum absolute atomic E-state index is 0.0545. The SMILES string of the molecule is CN=C(NCCN(C)CC(F)(F)F)N1CCN(C(=O)C2CCCO2)CC1. The normalized spacial score (nSPS) is 22.2. The number of alkyl halides is 3. The molecule has 0 spiro atoms. The lowest BCUT2D eigenvalue weighted by atomic mass is 10.2. The number of amides is 1. The third-order valence-electron chi connectivity index (χ3n) is 4.53. The average Bonchev–Trinajstić information content (AvgIpc) is 3.11. The molecule has 0 aliphatic carbocycles. The summed E-state index contributed by atoms with van der Waals surface area (Å²) in [7, 11) is 3.08. The van der Waals surface area contributed by atoms with Crippen LogP contribution in [0.25, 0.3) is 0 Å². The molecule has 0 bridgehead atoms. The van der Waals surface area contributed by atoms with Crippen LogP contribution in [0.4, 0.5) is 13.2 Å². The second kappa shape index (κ2) is 9.40. The molecule has 10 heteroatoms. The number of piperazine rings is 1. The van der Waals surface area contributed by atoms with Crippen molar-refractivity contribution < 1.29 is 22.7 Å². The number of guanidine groups is 1. The molecule has 2 aliphatic rings. The Labute approximate surface area is 152 Å². The van der Waals surface area contributed by atoms with E-state index in [0.717, 1.165) is 12.8 Å². The summed E-state index contributed by atoms with van der Waals surface area (Å²) in [5, 5.41) is 3.09. The Hall–Kier alpha value is -1.55. The number of nitrogens with zero attached hydrogens (tertiary/aromatic N) is 4. The van der Waals surface area contributed by atoms with Crippen molar-refractivity contribution >= 4 is 11.9 Å². The Morgan fingerprint density at radius 3 is 2.46 bits per heavy atom. The van der Waals surface area contributed by atoms with Crippen molar-refractivity contribution in [3.63, 3.8) is 0 Å². The molecule has 1 N–H and O–H groups in total. The van der Waals surface area contributed by atoms with Crippen LogP contribution in [0.1, 0.15) is 12.8 Å². The van der Waals surface area contributed by atoms with Gasteiger partial charge in [-0.15, -0.1) is 0 Å². The number of nitrogens with one attached hydrogen (secondary N) is 1. The number of carbonyl (C=O) groups excluding carboxylic acids is 1. The highest BCUT2D eigenvalue weighted by Gasteiger charge is 2.31. The third-order valence-corrected chi connectivity index (χ3v) is 4.53. The van der Waals surface area contributed by atoms with Crippen molar-refractivity contribution in [1.29, 1.82) is 0 Å². The number of carbonyl (C=O) groups is 1. The van der Waals surface area contributed by atoms with Crippen LogP contribution in [0.2, 0.25) is 0 Å². The molecule has 150 valence electrons. The lowest BCUT2D eigenvalue weighted by Crippen LogP contribution is -2.55. The number of halogens is 3. The van der Waals surface area contributed by atoms with Gasteiger partial charge in [0.05, 0.1) is 6.54 Å². The van der Waals surface area contributed by atoms with Crippen molar-refractivity contribution in [1.82, 2.24) is 20.0 Å². The molecule has 1 amide bonds. The summed E-state index contributed by atoms with van der Waals surface area (Å²) in [6.07, 6.45) is -2.78. The first kappa shape index (κ1) is 20.8. The van der Waals surface area contributed by atoms with Crippen LogP contribution in [0.15, 0.2) is 4.99 Å². The Bertz CT molecular complexity index is 487. The summed E-state index contributed by atoms with van der Waals surface area (Å²) in [6.45, 7) is 2.80. The first-order chi connectivity index (χ1) is 12.3. The van der Waals surface area contributed by atoms with E-state index in [1.165, 1.54) is 11.9 Å². The number of aliphatic imine (C=N–C) groups is 1. The van der Waals surface area contributed by atoms with E-state index < -0.39 is 12.7 Å². The Morgan fingerprint density at radius 1 is 1.27 bits per heavy atom. The van der Waals surface area contributed by atoms with E-state index in [1.54, 1.807) is 7.05 Å². The van der Waals surface area contributed by atoms with Gasteiger partial charge in [0.25, 0.3) is 5.91 Å². The number of ether oxygens (including phenoxy) is 1. The van der Waals surface area contributed by atoms with Gasteiger partial charge in [0, 0.05) is 52.9 Å². The maximum Gasteiger partial charge on any atom is 0.401 e. The number of likely N-dealkylation sites (N-methyl/N-ethyl adjacent to an activating group) is 1. The van der Waals surface area contributed by atoms with Crippen LogP contribution in [-0.2, 0) is 9.53 Å². The third kappa shape index (κ3) is 6.31. The van der Waals surface area contributed by atoms with Crippen molar-refractivity contribution in [2.24, 2.45) is 4.99 Å². The second-order valence-corrected chi connectivity index (χ2v) is 6.64. The lowest BCUT2D eigenvalue weighted by molar-refractivity contribution is -0.143. The van der Waals surface area contributed by atoms with Crippen LogP contribution in [-0.4, -0.2) is 105 Å². The molecule has 0 radical (unpaired) electrons. The van der Waals surface area contributed by atoms with E-state index in [1.807, 2.05) is 9.80 Å². The fourth-order valence-electron chi connectivity index (χ4n) is 3.19. The van der Waals surface area contributed by atoms with Crippen molar-refractivity contribution in [2.75, 3.05) is 66.5 Å². The summed E-state index contributed by atoms with van der Waals surface area (Å²) < 4.78 is 42.4. The van der Waals surface area contributed by atoms with Gasteiger partial charge in [-0.2, -0.15) is 13.2 Å². The van der Waals surface area contributed by atoms with Crippen molar-refractivity contribution in [2.45, 2.75) is 25.1 Å². The molecular weight excluding hydrogens is 351 g/mol. The van der Waals surface area contributed by atoms with Gasteiger partial charge >= 0.3 is 6.18 Å². The molecule has 1 atom stereocenters. The molecule has 0 aromatic heterocycles. The molecular formula is C16H28F3N5O2. The molecule has 2 saturated heterocycles. The van der Waals surface area contributed by atoms with Crippen molar-refractivity contribution in [3.8, 4) is 0 Å². The van der Waals surface area contributed by atoms with E-state index in [9.17, 15) is 18.0 Å². The zero-order valence-electron chi connectivity index (χ0n) is 15.4. The largest absolute Gasteiger partial charge is 0.401 e. The summed E-state index contributed by atoms with van der Waals surface area (Å²) in [5.41, 5.74) is 0. The molecule has 0 saturated carbocycles. The molecule has 2 fully saturated rings. The standard InChI is InChI=1S/C16H28F3N5O2/c1-20-15(21-5-6-22(2)12-16(17,18)19)24-9-7-23(8-10-24)14(25)13-4-3-11-26-13/h13H,3-12H2,1-2H3,(H,20,21). The first-order valence-corrected chi connectivity index (χ1v) is 8.91. The Kier molecular flexibility index (Phi) is 7.51. The van der Waals surface area contributed by atoms with Crippen LogP contribution in [0.5, 0.6) is 0 Å². The molecule has 26 heavy (non-hydrogen) atoms. The second-order valence-electron chi connectivity index (χ2n) is 6.64. The van der Waals surface area contributed by atoms with E-state index in [0.29, 0.717) is 45.3 Å². The molecule has 0 aromatic rings. The van der Waals surface area contributed by atoms with Crippen LogP contribution in [0, 0.1) is 0 Å². The lowest BCUT2D eigenvalue weighted by Gasteiger charge is -2.37. The number of hydrogen-bond donors (Lipinski definition) is 1. The first-order valence-electron chi connectivity index (χ1n) is 8.91. The van der Waals surface area contributed by atoms with Gasteiger partial charge in [-0.1, -0.05) is 0 Å². The van der Waals surface area contributed by atoms with E-state index in [2.05, 4.69) is 10.3 Å². The minimum atomic E-state index is -4.19. The van der Waals surface area contributed by atoms with Gasteiger partial charge in [0.2, 0.25) is 0 Å². The fourth-order valence-corrected chi connectivity index (χ4v) is 3.19. The Morgan fingerprint density at radius 2 is 1.92 bits per heavy atom. The summed E-state index contributed by atoms with van der Waals surface area (Å²) >= 11 is 0. The average molecular weight is 379 g/mol. The van der Waals surface area contributed by atoms with Gasteiger partial charge in [-0.05, 0) is 19.9 Å². The predicted octanol–water partition coefficient (Wildman–Crippen LogP) is 0.379. The smallest absolute Gasteiger partial charge is 0.368 e. The highest BCUT2D eigenvalue weighted by molar-refractivity contribution is 5.82.